The summed E-state index contributed by atoms with van der Waals surface area (Å²) in [5, 5.41) is 13.1. The van der Waals surface area contributed by atoms with E-state index < -0.39 is 0 Å². The van der Waals surface area contributed by atoms with Crippen LogP contribution in [0.25, 0.3) is 0 Å². The van der Waals surface area contributed by atoms with Gasteiger partial charge in [0.05, 0.1) is 20.7 Å². The maximum absolute atomic E-state index is 8.68. The first-order valence-electron chi connectivity index (χ1n) is 5.08. The highest BCUT2D eigenvalue weighted by Gasteiger charge is 1.99. The molecule has 0 fully saturated rings. The monoisotopic (exact) mass is 355 g/mol. The predicted octanol–water partition coefficient (Wildman–Crippen LogP) is 2.91. The molecule has 0 aliphatic rings. The van der Waals surface area contributed by atoms with E-state index in [1.165, 1.54) is 8.45 Å². The van der Waals surface area contributed by atoms with E-state index in [2.05, 4.69) is 39.0 Å². The Morgan fingerprint density at radius 3 is 2.65 bits per heavy atom. The van der Waals surface area contributed by atoms with E-state index in [0.717, 1.165) is 18.1 Å². The molecule has 0 aliphatic carbocycles. The van der Waals surface area contributed by atoms with Gasteiger partial charge in [-0.05, 0) is 40.3 Å². The van der Waals surface area contributed by atoms with E-state index in [9.17, 15) is 0 Å². The summed E-state index contributed by atoms with van der Waals surface area (Å²) in [6.07, 6.45) is 1.88. The minimum Gasteiger partial charge on any atom is -0.306 e. The number of hydrogen-bond donors (Lipinski definition) is 1. The second-order valence-corrected chi connectivity index (χ2v) is 6.48. The highest BCUT2D eigenvalue weighted by Crippen LogP contribution is 2.14. The molecule has 1 aromatic carbocycles. The molecule has 0 radical (unpaired) electrons. The molecule has 0 atom stereocenters. The molecule has 1 heterocycles. The zero-order valence-corrected chi connectivity index (χ0v) is 12.0. The maximum Gasteiger partial charge on any atom is 0.107 e. The third-order valence-electron chi connectivity index (χ3n) is 2.21. The van der Waals surface area contributed by atoms with Gasteiger partial charge in [-0.25, -0.2) is 4.98 Å². The third-order valence-corrected chi connectivity index (χ3v) is 3.94. The van der Waals surface area contributed by atoms with E-state index >= 15 is 0 Å². The van der Waals surface area contributed by atoms with Crippen LogP contribution < -0.4 is 5.32 Å². The lowest BCUT2D eigenvalue weighted by Gasteiger charge is -2.02. The second-order valence-electron chi connectivity index (χ2n) is 3.47. The molecule has 2 rings (SSSR count). The number of nitrogens with zero attached hydrogens (tertiary/aromatic N) is 2. The summed E-state index contributed by atoms with van der Waals surface area (Å²) in [6.45, 7) is 1.58. The van der Waals surface area contributed by atoms with Crippen LogP contribution in [0, 0.1) is 14.2 Å². The number of aromatic nitrogens is 1. The van der Waals surface area contributed by atoms with E-state index in [4.69, 9.17) is 5.26 Å². The van der Waals surface area contributed by atoms with Gasteiger partial charge in [-0.3, -0.25) is 0 Å². The van der Waals surface area contributed by atoms with Crippen molar-refractivity contribution < 1.29 is 0 Å². The Labute approximate surface area is 118 Å². The lowest BCUT2D eigenvalue weighted by molar-refractivity contribution is 0.690. The van der Waals surface area contributed by atoms with Crippen molar-refractivity contribution in [3.05, 3.63) is 49.5 Å². The minimum atomic E-state index is 0.697. The van der Waals surface area contributed by atoms with Crippen molar-refractivity contribution in [3.63, 3.8) is 0 Å². The van der Waals surface area contributed by atoms with Gasteiger partial charge in [-0.1, -0.05) is 12.1 Å². The zero-order valence-electron chi connectivity index (χ0n) is 8.98. The van der Waals surface area contributed by atoms with Crippen molar-refractivity contribution in [3.8, 4) is 6.07 Å². The molecule has 0 amide bonds. The van der Waals surface area contributed by atoms with Crippen LogP contribution in [-0.4, -0.2) is 4.98 Å². The summed E-state index contributed by atoms with van der Waals surface area (Å²) in [4.78, 5) is 4.28. The van der Waals surface area contributed by atoms with Crippen molar-refractivity contribution in [1.82, 2.24) is 10.3 Å². The Bertz CT molecular complexity index is 527. The summed E-state index contributed by atoms with van der Waals surface area (Å²) < 4.78 is 1.21. The number of halogens is 1. The van der Waals surface area contributed by atoms with Gasteiger partial charge in [-0.2, -0.15) is 5.26 Å². The quantitative estimate of drug-likeness (QED) is 0.858. The Kier molecular flexibility index (Phi) is 4.48. The first kappa shape index (κ1) is 12.5. The topological polar surface area (TPSA) is 48.7 Å². The molecule has 0 saturated carbocycles. The number of hydrogen-bond acceptors (Lipinski definition) is 4. The molecule has 5 heteroatoms. The summed E-state index contributed by atoms with van der Waals surface area (Å²) in [6, 6.07) is 9.72. The zero-order chi connectivity index (χ0) is 12.1. The third kappa shape index (κ3) is 3.77. The molecule has 0 bridgehead atoms. The Hall–Kier alpha value is -0.970. The molecule has 0 aliphatic heterocycles. The first-order chi connectivity index (χ1) is 8.28. The van der Waals surface area contributed by atoms with Gasteiger partial charge in [-0.15, -0.1) is 11.3 Å². The first-order valence-corrected chi connectivity index (χ1v) is 6.97. The molecule has 2 aromatic rings. The number of thiazole rings is 1. The van der Waals surface area contributed by atoms with E-state index in [1.54, 1.807) is 11.3 Å². The van der Waals surface area contributed by atoms with Gasteiger partial charge in [0.1, 0.15) is 5.01 Å². The van der Waals surface area contributed by atoms with Crippen molar-refractivity contribution in [2.45, 2.75) is 13.1 Å². The van der Waals surface area contributed by atoms with Crippen molar-refractivity contribution in [1.29, 1.82) is 5.26 Å². The van der Waals surface area contributed by atoms with Gasteiger partial charge < -0.3 is 5.32 Å². The van der Waals surface area contributed by atoms with Crippen LogP contribution in [0.2, 0.25) is 0 Å². The Morgan fingerprint density at radius 2 is 2.06 bits per heavy atom. The van der Waals surface area contributed by atoms with Crippen LogP contribution in [-0.2, 0) is 13.1 Å². The van der Waals surface area contributed by atoms with E-state index in [0.29, 0.717) is 5.56 Å². The molecule has 1 aromatic heterocycles. The smallest absolute Gasteiger partial charge is 0.107 e. The molecule has 3 nitrogen and oxygen atoms in total. The fourth-order valence-corrected chi connectivity index (χ4v) is 2.89. The number of benzene rings is 1. The maximum atomic E-state index is 8.68. The average molecular weight is 355 g/mol. The molecule has 17 heavy (non-hydrogen) atoms. The number of nitriles is 1. The van der Waals surface area contributed by atoms with Crippen LogP contribution in [0.5, 0.6) is 0 Å². The fraction of sp³-hybridized carbons (Fsp3) is 0.167. The van der Waals surface area contributed by atoms with E-state index in [1.807, 2.05) is 30.5 Å². The Balaban J connectivity index is 1.84. The van der Waals surface area contributed by atoms with Crippen LogP contribution >= 0.6 is 33.9 Å². The minimum absolute atomic E-state index is 0.697. The highest BCUT2D eigenvalue weighted by molar-refractivity contribution is 14.1. The van der Waals surface area contributed by atoms with Crippen molar-refractivity contribution >= 4 is 33.9 Å². The second kappa shape index (κ2) is 6.10. The van der Waals surface area contributed by atoms with Gasteiger partial charge in [0, 0.05) is 13.1 Å². The van der Waals surface area contributed by atoms with Gasteiger partial charge >= 0.3 is 0 Å². The molecule has 86 valence electrons. The molecular formula is C12H10IN3S. The number of nitrogens with one attached hydrogen (secondary N) is 1. The van der Waals surface area contributed by atoms with Crippen LogP contribution in [0.1, 0.15) is 16.1 Å². The number of rotatable bonds is 4. The average Bonchev–Trinajstić information content (AvgIpc) is 2.76. The predicted molar refractivity (Wildman–Crippen MR) is 76.5 cm³/mol. The lowest BCUT2D eigenvalue weighted by Crippen LogP contribution is -2.12. The summed E-state index contributed by atoms with van der Waals surface area (Å²) in [5.74, 6) is 0. The molecule has 0 unspecified atom stereocenters. The molecular weight excluding hydrogens is 345 g/mol. The highest BCUT2D eigenvalue weighted by atomic mass is 127. The standard InChI is InChI=1S/C12H10IN3S/c13-11-7-16-12(17-11)8-15-6-10-3-1-9(5-14)2-4-10/h1-4,7,15H,6,8H2. The van der Waals surface area contributed by atoms with E-state index in [-0.39, 0.29) is 0 Å². The molecule has 0 spiro atoms. The normalized spacial score (nSPS) is 10.1. The molecule has 1 N–H and O–H groups in total. The van der Waals surface area contributed by atoms with Gasteiger partial charge in [0.25, 0.3) is 0 Å². The SMILES string of the molecule is N#Cc1ccc(CNCc2ncc(I)s2)cc1. The van der Waals surface area contributed by atoms with Crippen molar-refractivity contribution in [2.75, 3.05) is 0 Å². The van der Waals surface area contributed by atoms with Crippen LogP contribution in [0.4, 0.5) is 0 Å². The fourth-order valence-electron chi connectivity index (χ4n) is 1.38. The van der Waals surface area contributed by atoms with Crippen LogP contribution in [0.3, 0.4) is 0 Å². The largest absolute Gasteiger partial charge is 0.306 e. The lowest BCUT2D eigenvalue weighted by atomic mass is 10.1. The summed E-state index contributed by atoms with van der Waals surface area (Å²) in [5.41, 5.74) is 1.87. The summed E-state index contributed by atoms with van der Waals surface area (Å²) in [7, 11) is 0. The van der Waals surface area contributed by atoms with Crippen molar-refractivity contribution in [2.24, 2.45) is 0 Å². The van der Waals surface area contributed by atoms with Gasteiger partial charge in [0.2, 0.25) is 0 Å². The molecule has 0 saturated heterocycles. The Morgan fingerprint density at radius 1 is 1.29 bits per heavy atom. The van der Waals surface area contributed by atoms with Gasteiger partial charge in [0.15, 0.2) is 0 Å². The summed E-state index contributed by atoms with van der Waals surface area (Å²) >= 11 is 3.97. The van der Waals surface area contributed by atoms with Crippen LogP contribution in [0.15, 0.2) is 30.5 Å².